The minimum atomic E-state index is -1.51. The number of aliphatic hydroxyl groups excluding tert-OH is 2. The Balaban J connectivity index is 1.82. The number of benzene rings is 2. The van der Waals surface area contributed by atoms with Crippen molar-refractivity contribution in [2.75, 3.05) is 50.0 Å². The summed E-state index contributed by atoms with van der Waals surface area (Å²) < 4.78 is 0. The Morgan fingerprint density at radius 1 is 0.591 bits per heavy atom. The standard InChI is InChI=1S/C26H30N6O12/c33-9-13(31-25(41)42)23(39)29-7-5-27-11-1-2-12(28-6-8-30-24(40)14(10-34)32-26(43)44)18-17(11)21(37)19-15(35)3-4-16(36)20(19)22(18)38/h1-4,13-14,27-28,31-36H,5-10H2,(H,29,39)(H,30,40)(H,41,42)(H,43,44). The third-order valence-corrected chi connectivity index (χ3v) is 6.35. The van der Waals surface area contributed by atoms with Crippen molar-refractivity contribution < 1.29 is 59.4 Å². The highest BCUT2D eigenvalue weighted by Gasteiger charge is 2.38. The van der Waals surface area contributed by atoms with Crippen LogP contribution in [0.1, 0.15) is 31.8 Å². The van der Waals surface area contributed by atoms with E-state index in [4.69, 9.17) is 10.2 Å². The van der Waals surface area contributed by atoms with Gasteiger partial charge < -0.3 is 62.5 Å². The van der Waals surface area contributed by atoms with Gasteiger partial charge in [0.05, 0.1) is 35.5 Å². The first-order chi connectivity index (χ1) is 20.9. The van der Waals surface area contributed by atoms with Crippen LogP contribution in [-0.2, 0) is 9.59 Å². The number of hydrogen-bond donors (Lipinski definition) is 12. The molecule has 0 fully saturated rings. The molecule has 1 aliphatic rings. The predicted molar refractivity (Wildman–Crippen MR) is 150 cm³/mol. The zero-order valence-corrected chi connectivity index (χ0v) is 22.8. The van der Waals surface area contributed by atoms with Gasteiger partial charge in [-0.2, -0.15) is 0 Å². The minimum Gasteiger partial charge on any atom is -0.507 e. The Morgan fingerprint density at radius 3 is 1.27 bits per heavy atom. The van der Waals surface area contributed by atoms with Crippen LogP contribution in [0.15, 0.2) is 24.3 Å². The largest absolute Gasteiger partial charge is 0.507 e. The molecule has 12 N–H and O–H groups in total. The second kappa shape index (κ2) is 14.5. The maximum Gasteiger partial charge on any atom is 0.405 e. The van der Waals surface area contributed by atoms with Gasteiger partial charge in [-0.1, -0.05) is 0 Å². The molecule has 3 rings (SSSR count). The molecule has 18 heteroatoms. The summed E-state index contributed by atoms with van der Waals surface area (Å²) in [6, 6.07) is 2.14. The van der Waals surface area contributed by atoms with Gasteiger partial charge >= 0.3 is 12.2 Å². The number of anilines is 2. The van der Waals surface area contributed by atoms with Gasteiger partial charge in [-0.3, -0.25) is 19.2 Å². The smallest absolute Gasteiger partial charge is 0.405 e. The fourth-order valence-corrected chi connectivity index (χ4v) is 4.36. The van der Waals surface area contributed by atoms with Crippen LogP contribution >= 0.6 is 0 Å². The molecule has 18 nitrogen and oxygen atoms in total. The first-order valence-electron chi connectivity index (χ1n) is 13.0. The van der Waals surface area contributed by atoms with E-state index in [0.29, 0.717) is 0 Å². The Morgan fingerprint density at radius 2 is 0.955 bits per heavy atom. The molecule has 0 aromatic heterocycles. The van der Waals surface area contributed by atoms with Crippen LogP contribution in [0.5, 0.6) is 11.5 Å². The van der Waals surface area contributed by atoms with Gasteiger partial charge in [0.15, 0.2) is 0 Å². The zero-order chi connectivity index (χ0) is 32.6. The molecule has 0 radical (unpaired) electrons. The number of fused-ring (bicyclic) bond motifs is 2. The molecule has 0 saturated carbocycles. The number of ketones is 2. The number of phenolic OH excluding ortho intramolecular Hbond substituents is 2. The number of carboxylic acid groups (broad SMARTS) is 2. The number of aliphatic hydroxyl groups is 2. The first-order valence-corrected chi connectivity index (χ1v) is 13.0. The van der Waals surface area contributed by atoms with E-state index < -0.39 is 83.5 Å². The normalized spacial score (nSPS) is 13.0. The molecule has 0 spiro atoms. The van der Waals surface area contributed by atoms with Crippen molar-refractivity contribution in [1.82, 2.24) is 21.3 Å². The fraction of sp³-hybridized carbons (Fsp3) is 0.308. The van der Waals surface area contributed by atoms with Gasteiger partial charge in [-0.25, -0.2) is 9.59 Å². The molecule has 0 aliphatic heterocycles. The van der Waals surface area contributed by atoms with Crippen LogP contribution in [0.4, 0.5) is 21.0 Å². The number of carbonyl (C=O) groups is 6. The van der Waals surface area contributed by atoms with E-state index in [9.17, 15) is 49.2 Å². The van der Waals surface area contributed by atoms with E-state index in [-0.39, 0.29) is 48.7 Å². The second-order valence-electron chi connectivity index (χ2n) is 9.23. The highest BCUT2D eigenvalue weighted by Crippen LogP contribution is 2.42. The highest BCUT2D eigenvalue weighted by atomic mass is 16.4. The summed E-state index contributed by atoms with van der Waals surface area (Å²) in [5.41, 5.74) is -0.948. The molecule has 2 aromatic rings. The minimum absolute atomic E-state index is 0.0288. The van der Waals surface area contributed by atoms with Crippen molar-refractivity contribution in [3.05, 3.63) is 46.5 Å². The molecular formula is C26H30N6O12. The van der Waals surface area contributed by atoms with Crippen LogP contribution in [0.2, 0.25) is 0 Å². The lowest BCUT2D eigenvalue weighted by atomic mass is 9.81. The number of hydrogen-bond acceptors (Lipinski definition) is 12. The summed E-state index contributed by atoms with van der Waals surface area (Å²) in [5, 5.41) is 71.0. The summed E-state index contributed by atoms with van der Waals surface area (Å²) in [4.78, 5) is 73.0. The van der Waals surface area contributed by atoms with Crippen LogP contribution in [0, 0.1) is 0 Å². The third-order valence-electron chi connectivity index (χ3n) is 6.35. The Labute approximate surface area is 248 Å². The SMILES string of the molecule is O=C(O)NC(CO)C(=O)NCCNc1ccc(NCCNC(=O)C(CO)NC(=O)O)c2c1C(=O)c1c(O)ccc(O)c1C2=O. The number of carbonyl (C=O) groups excluding carboxylic acids is 4. The number of amides is 4. The molecule has 2 unspecified atom stereocenters. The van der Waals surface area contributed by atoms with Gasteiger partial charge in [-0.05, 0) is 24.3 Å². The van der Waals surface area contributed by atoms with Gasteiger partial charge in [0, 0.05) is 37.6 Å². The molecule has 44 heavy (non-hydrogen) atoms. The molecule has 1 aliphatic carbocycles. The quantitative estimate of drug-likeness (QED) is 0.0700. The lowest BCUT2D eigenvalue weighted by Crippen LogP contribution is -2.49. The van der Waals surface area contributed by atoms with E-state index in [0.717, 1.165) is 12.1 Å². The molecule has 2 aromatic carbocycles. The summed E-state index contributed by atoms with van der Waals surface area (Å²) in [6.07, 6.45) is -3.02. The first kappa shape index (κ1) is 32.9. The van der Waals surface area contributed by atoms with Crippen LogP contribution in [0.25, 0.3) is 0 Å². The summed E-state index contributed by atoms with van der Waals surface area (Å²) in [6.45, 7) is -1.82. The van der Waals surface area contributed by atoms with Crippen LogP contribution < -0.4 is 31.9 Å². The van der Waals surface area contributed by atoms with Crippen LogP contribution in [-0.4, -0.2) is 118 Å². The summed E-state index contributed by atoms with van der Waals surface area (Å²) in [7, 11) is 0. The van der Waals surface area contributed by atoms with Gasteiger partial charge in [0.1, 0.15) is 23.6 Å². The molecule has 236 valence electrons. The maximum atomic E-state index is 13.6. The lowest BCUT2D eigenvalue weighted by molar-refractivity contribution is -0.124. The van der Waals surface area contributed by atoms with Crippen molar-refractivity contribution in [3.63, 3.8) is 0 Å². The molecule has 4 amide bonds. The summed E-state index contributed by atoms with van der Waals surface area (Å²) >= 11 is 0. The number of rotatable bonds is 14. The topological polar surface area (TPSA) is 296 Å². The Kier molecular flexibility index (Phi) is 10.9. The fourth-order valence-electron chi connectivity index (χ4n) is 4.36. The van der Waals surface area contributed by atoms with Crippen molar-refractivity contribution in [2.45, 2.75) is 12.1 Å². The number of phenols is 2. The second-order valence-corrected chi connectivity index (χ2v) is 9.23. The van der Waals surface area contributed by atoms with Crippen molar-refractivity contribution in [2.24, 2.45) is 0 Å². The van der Waals surface area contributed by atoms with E-state index in [1.807, 2.05) is 10.6 Å². The molecule has 0 bridgehead atoms. The maximum absolute atomic E-state index is 13.6. The predicted octanol–water partition coefficient (Wildman–Crippen LogP) is -1.81. The third kappa shape index (κ3) is 7.41. The summed E-state index contributed by atoms with van der Waals surface area (Å²) in [5.74, 6) is -4.32. The van der Waals surface area contributed by atoms with E-state index in [1.54, 1.807) is 0 Å². The van der Waals surface area contributed by atoms with E-state index in [2.05, 4.69) is 21.3 Å². The van der Waals surface area contributed by atoms with Crippen molar-refractivity contribution >= 4 is 46.9 Å². The Hall–Kier alpha value is -5.62. The molecule has 0 saturated heterocycles. The average molecular weight is 619 g/mol. The van der Waals surface area contributed by atoms with Crippen LogP contribution in [0.3, 0.4) is 0 Å². The van der Waals surface area contributed by atoms with E-state index >= 15 is 0 Å². The molecule has 0 heterocycles. The van der Waals surface area contributed by atoms with Gasteiger partial charge in [0.25, 0.3) is 0 Å². The van der Waals surface area contributed by atoms with Crippen molar-refractivity contribution in [1.29, 1.82) is 0 Å². The van der Waals surface area contributed by atoms with Crippen molar-refractivity contribution in [3.8, 4) is 11.5 Å². The monoisotopic (exact) mass is 618 g/mol. The highest BCUT2D eigenvalue weighted by molar-refractivity contribution is 6.33. The number of nitrogens with one attached hydrogen (secondary N) is 6. The molecule has 2 atom stereocenters. The molecular weight excluding hydrogens is 588 g/mol. The lowest BCUT2D eigenvalue weighted by Gasteiger charge is -2.25. The Bertz CT molecular complexity index is 1370. The van der Waals surface area contributed by atoms with Gasteiger partial charge in [-0.15, -0.1) is 0 Å². The van der Waals surface area contributed by atoms with E-state index in [1.165, 1.54) is 12.1 Å². The zero-order valence-electron chi connectivity index (χ0n) is 22.8. The number of aromatic hydroxyl groups is 2. The average Bonchev–Trinajstić information content (AvgIpc) is 2.98. The van der Waals surface area contributed by atoms with Gasteiger partial charge in [0.2, 0.25) is 23.4 Å².